The van der Waals surface area contributed by atoms with Gasteiger partial charge in [0.1, 0.15) is 18.2 Å². The average molecular weight is 283 g/mol. The van der Waals surface area contributed by atoms with Gasteiger partial charge < -0.3 is 4.74 Å². The molecule has 0 aliphatic heterocycles. The van der Waals surface area contributed by atoms with Crippen LogP contribution in [0.1, 0.15) is 15.9 Å². The molecule has 0 aromatic heterocycles. The highest BCUT2D eigenvalue weighted by molar-refractivity contribution is 6.30. The molecule has 0 N–H and O–H groups in total. The zero-order chi connectivity index (χ0) is 13.8. The molecular formula is C14H9ClF2O2. The monoisotopic (exact) mass is 282 g/mol. The van der Waals surface area contributed by atoms with Crippen LogP contribution in [0.25, 0.3) is 0 Å². The van der Waals surface area contributed by atoms with Gasteiger partial charge in [0.05, 0.1) is 5.56 Å². The normalized spacial score (nSPS) is 10.3. The average Bonchev–Trinajstić information content (AvgIpc) is 2.40. The summed E-state index contributed by atoms with van der Waals surface area (Å²) < 4.78 is 31.5. The van der Waals surface area contributed by atoms with Crippen molar-refractivity contribution in [1.82, 2.24) is 0 Å². The Labute approximate surface area is 113 Å². The van der Waals surface area contributed by atoms with E-state index in [1.54, 1.807) is 6.07 Å². The topological polar surface area (TPSA) is 26.3 Å². The summed E-state index contributed by atoms with van der Waals surface area (Å²) in [6, 6.07) is 9.44. The predicted octanol–water partition coefficient (Wildman–Crippen LogP) is 3.98. The third-order valence-corrected chi connectivity index (χ3v) is 2.70. The Bertz CT molecular complexity index is 614. The summed E-state index contributed by atoms with van der Waals surface area (Å²) in [5.74, 6) is -2.10. The number of carbonyl (C=O) groups is 1. The van der Waals surface area contributed by atoms with Crippen LogP contribution in [0.15, 0.2) is 42.5 Å². The first-order chi connectivity index (χ1) is 9.08. The lowest BCUT2D eigenvalue weighted by molar-refractivity contribution is 0.0463. The molecule has 2 nitrogen and oxygen atoms in total. The number of ether oxygens (including phenoxy) is 1. The Kier molecular flexibility index (Phi) is 4.12. The standard InChI is InChI=1S/C14H9ClF2O2/c15-10-5-6-13(17)11(7-10)14(18)19-8-9-3-1-2-4-12(9)16/h1-7H,8H2. The Hall–Kier alpha value is -1.94. The number of benzene rings is 2. The van der Waals surface area contributed by atoms with E-state index in [4.69, 9.17) is 16.3 Å². The van der Waals surface area contributed by atoms with E-state index >= 15 is 0 Å². The lowest BCUT2D eigenvalue weighted by Gasteiger charge is -2.06. The van der Waals surface area contributed by atoms with Crippen LogP contribution in [0.2, 0.25) is 5.02 Å². The van der Waals surface area contributed by atoms with Gasteiger partial charge >= 0.3 is 5.97 Å². The van der Waals surface area contributed by atoms with Crippen LogP contribution < -0.4 is 0 Å². The molecule has 98 valence electrons. The second kappa shape index (κ2) is 5.80. The molecule has 2 aromatic carbocycles. The fourth-order valence-corrected chi connectivity index (χ4v) is 1.66. The number of halogens is 3. The van der Waals surface area contributed by atoms with E-state index < -0.39 is 17.6 Å². The van der Waals surface area contributed by atoms with Crippen LogP contribution in [0, 0.1) is 11.6 Å². The molecular weight excluding hydrogens is 274 g/mol. The van der Waals surface area contributed by atoms with Crippen LogP contribution in [0.4, 0.5) is 8.78 Å². The maximum atomic E-state index is 13.4. The fraction of sp³-hybridized carbons (Fsp3) is 0.0714. The molecule has 0 spiro atoms. The molecule has 19 heavy (non-hydrogen) atoms. The maximum absolute atomic E-state index is 13.4. The maximum Gasteiger partial charge on any atom is 0.341 e. The van der Waals surface area contributed by atoms with Gasteiger partial charge in [-0.2, -0.15) is 0 Å². The summed E-state index contributed by atoms with van der Waals surface area (Å²) in [6.45, 7) is -0.266. The Balaban J connectivity index is 2.10. The van der Waals surface area contributed by atoms with Gasteiger partial charge in [0, 0.05) is 10.6 Å². The van der Waals surface area contributed by atoms with Gasteiger partial charge in [0.15, 0.2) is 0 Å². The summed E-state index contributed by atoms with van der Waals surface area (Å²) in [7, 11) is 0. The van der Waals surface area contributed by atoms with Gasteiger partial charge in [0.25, 0.3) is 0 Å². The smallest absolute Gasteiger partial charge is 0.341 e. The lowest BCUT2D eigenvalue weighted by atomic mass is 10.2. The van der Waals surface area contributed by atoms with Crippen LogP contribution >= 0.6 is 11.6 Å². The molecule has 0 bridgehead atoms. The molecule has 0 saturated carbocycles. The second-order valence-corrected chi connectivity index (χ2v) is 4.23. The molecule has 0 radical (unpaired) electrons. The fourth-order valence-electron chi connectivity index (χ4n) is 1.49. The van der Waals surface area contributed by atoms with Crippen molar-refractivity contribution in [3.63, 3.8) is 0 Å². The molecule has 0 aliphatic rings. The van der Waals surface area contributed by atoms with E-state index in [1.807, 2.05) is 0 Å². The van der Waals surface area contributed by atoms with Crippen molar-refractivity contribution < 1.29 is 18.3 Å². The summed E-state index contributed by atoms with van der Waals surface area (Å²) in [4.78, 5) is 11.7. The lowest BCUT2D eigenvalue weighted by Crippen LogP contribution is -2.08. The summed E-state index contributed by atoms with van der Waals surface area (Å²) >= 11 is 5.67. The zero-order valence-electron chi connectivity index (χ0n) is 9.70. The van der Waals surface area contributed by atoms with Crippen LogP contribution in [0.3, 0.4) is 0 Å². The minimum atomic E-state index is -0.886. The zero-order valence-corrected chi connectivity index (χ0v) is 10.5. The summed E-state index contributed by atoms with van der Waals surface area (Å²) in [5.41, 5.74) is -0.0536. The second-order valence-electron chi connectivity index (χ2n) is 3.79. The highest BCUT2D eigenvalue weighted by Gasteiger charge is 2.14. The molecule has 0 heterocycles. The van der Waals surface area contributed by atoms with E-state index in [9.17, 15) is 13.6 Å². The van der Waals surface area contributed by atoms with Gasteiger partial charge in [-0.15, -0.1) is 0 Å². The first-order valence-electron chi connectivity index (χ1n) is 5.43. The van der Waals surface area contributed by atoms with Gasteiger partial charge in [-0.05, 0) is 24.3 Å². The number of esters is 1. The molecule has 0 unspecified atom stereocenters. The third kappa shape index (κ3) is 3.29. The van der Waals surface area contributed by atoms with Crippen molar-refractivity contribution in [3.8, 4) is 0 Å². The van der Waals surface area contributed by atoms with Crippen molar-refractivity contribution in [2.45, 2.75) is 6.61 Å². The van der Waals surface area contributed by atoms with Crippen molar-refractivity contribution in [3.05, 3.63) is 70.2 Å². The Morgan fingerprint density at radius 1 is 1.11 bits per heavy atom. The van der Waals surface area contributed by atoms with Gasteiger partial charge in [-0.1, -0.05) is 29.8 Å². The third-order valence-electron chi connectivity index (χ3n) is 2.46. The summed E-state index contributed by atoms with van der Waals surface area (Å²) in [5, 5.41) is 0.222. The number of hydrogen-bond donors (Lipinski definition) is 0. The van der Waals surface area contributed by atoms with Crippen molar-refractivity contribution in [2.24, 2.45) is 0 Å². The predicted molar refractivity (Wildman–Crippen MR) is 66.9 cm³/mol. The SMILES string of the molecule is O=C(OCc1ccccc1F)c1cc(Cl)ccc1F. The van der Waals surface area contributed by atoms with Crippen LogP contribution in [-0.4, -0.2) is 5.97 Å². The van der Waals surface area contributed by atoms with Gasteiger partial charge in [-0.3, -0.25) is 0 Å². The van der Waals surface area contributed by atoms with Crippen LogP contribution in [-0.2, 0) is 11.3 Å². The molecule has 2 rings (SSSR count). The Morgan fingerprint density at radius 2 is 1.84 bits per heavy atom. The highest BCUT2D eigenvalue weighted by atomic mass is 35.5. The number of carbonyl (C=O) groups excluding carboxylic acids is 1. The summed E-state index contributed by atoms with van der Waals surface area (Å²) in [6.07, 6.45) is 0. The largest absolute Gasteiger partial charge is 0.457 e. The van der Waals surface area contributed by atoms with E-state index in [-0.39, 0.29) is 22.8 Å². The minimum absolute atomic E-state index is 0.221. The van der Waals surface area contributed by atoms with Crippen molar-refractivity contribution in [1.29, 1.82) is 0 Å². The number of hydrogen-bond acceptors (Lipinski definition) is 2. The van der Waals surface area contributed by atoms with E-state index in [0.717, 1.165) is 6.07 Å². The molecule has 5 heteroatoms. The van der Waals surface area contributed by atoms with Crippen LogP contribution in [0.5, 0.6) is 0 Å². The van der Waals surface area contributed by atoms with Crippen molar-refractivity contribution >= 4 is 17.6 Å². The van der Waals surface area contributed by atoms with E-state index in [1.165, 1.54) is 30.3 Å². The first kappa shape index (κ1) is 13.5. The van der Waals surface area contributed by atoms with Gasteiger partial charge in [0.2, 0.25) is 0 Å². The molecule has 0 fully saturated rings. The van der Waals surface area contributed by atoms with Crippen molar-refractivity contribution in [2.75, 3.05) is 0 Å². The number of rotatable bonds is 3. The first-order valence-corrected chi connectivity index (χ1v) is 5.81. The van der Waals surface area contributed by atoms with E-state index in [2.05, 4.69) is 0 Å². The molecule has 0 aliphatic carbocycles. The Morgan fingerprint density at radius 3 is 2.58 bits per heavy atom. The molecule has 0 amide bonds. The minimum Gasteiger partial charge on any atom is -0.457 e. The molecule has 0 saturated heterocycles. The molecule has 2 aromatic rings. The van der Waals surface area contributed by atoms with Gasteiger partial charge in [-0.25, -0.2) is 13.6 Å². The highest BCUT2D eigenvalue weighted by Crippen LogP contribution is 2.17. The van der Waals surface area contributed by atoms with E-state index in [0.29, 0.717) is 0 Å². The quantitative estimate of drug-likeness (QED) is 0.796. The molecule has 0 atom stereocenters.